The zero-order valence-corrected chi connectivity index (χ0v) is 18.2. The van der Waals surface area contributed by atoms with Crippen molar-refractivity contribution in [3.05, 3.63) is 66.2 Å². The topological polar surface area (TPSA) is 90.6 Å². The highest BCUT2D eigenvalue weighted by molar-refractivity contribution is 6.01. The van der Waals surface area contributed by atoms with Gasteiger partial charge < -0.3 is 9.47 Å². The van der Waals surface area contributed by atoms with E-state index in [9.17, 15) is 4.79 Å². The molecule has 0 aliphatic rings. The summed E-state index contributed by atoms with van der Waals surface area (Å²) in [6.07, 6.45) is 4.06. The molecule has 2 aromatic carbocycles. The van der Waals surface area contributed by atoms with Gasteiger partial charge in [-0.3, -0.25) is 4.79 Å². The number of benzene rings is 2. The van der Waals surface area contributed by atoms with Crippen molar-refractivity contribution in [2.45, 2.75) is 27.2 Å². The number of hydrazone groups is 1. The van der Waals surface area contributed by atoms with E-state index < -0.39 is 0 Å². The van der Waals surface area contributed by atoms with Crippen LogP contribution in [0.5, 0.6) is 11.5 Å². The van der Waals surface area contributed by atoms with Crippen LogP contribution in [0.3, 0.4) is 0 Å². The SMILES string of the molecule is COc1cc(C(=O)NN=C(C)c2ccc(-n3cncn3)cc2)ccc1OCCC(C)C. The van der Waals surface area contributed by atoms with Crippen molar-refractivity contribution in [3.8, 4) is 17.2 Å². The van der Waals surface area contributed by atoms with Crippen LogP contribution in [-0.4, -0.2) is 40.1 Å². The summed E-state index contributed by atoms with van der Waals surface area (Å²) < 4.78 is 12.8. The highest BCUT2D eigenvalue weighted by Gasteiger charge is 2.11. The molecule has 0 bridgehead atoms. The van der Waals surface area contributed by atoms with Crippen molar-refractivity contribution in [2.24, 2.45) is 11.0 Å². The summed E-state index contributed by atoms with van der Waals surface area (Å²) in [5, 5.41) is 8.32. The number of carbonyl (C=O) groups excluding carboxylic acids is 1. The van der Waals surface area contributed by atoms with Crippen molar-refractivity contribution >= 4 is 11.6 Å². The van der Waals surface area contributed by atoms with E-state index in [0.29, 0.717) is 35.3 Å². The minimum Gasteiger partial charge on any atom is -0.493 e. The van der Waals surface area contributed by atoms with E-state index in [1.54, 1.807) is 36.3 Å². The molecule has 162 valence electrons. The number of nitrogens with zero attached hydrogens (tertiary/aromatic N) is 4. The molecule has 0 fully saturated rings. The van der Waals surface area contributed by atoms with Gasteiger partial charge in [0.05, 0.1) is 25.1 Å². The molecule has 0 atom stereocenters. The van der Waals surface area contributed by atoms with Crippen molar-refractivity contribution in [2.75, 3.05) is 13.7 Å². The van der Waals surface area contributed by atoms with Crippen molar-refractivity contribution in [3.63, 3.8) is 0 Å². The van der Waals surface area contributed by atoms with Crippen LogP contribution >= 0.6 is 0 Å². The highest BCUT2D eigenvalue weighted by atomic mass is 16.5. The Morgan fingerprint density at radius 2 is 1.87 bits per heavy atom. The average Bonchev–Trinajstić information content (AvgIpc) is 3.32. The standard InChI is InChI=1S/C23H27N5O3/c1-16(2)11-12-31-21-10-7-19(13-22(21)30-4)23(29)27-26-17(3)18-5-8-20(9-6-18)28-15-24-14-25-28/h5-10,13-16H,11-12H2,1-4H3,(H,27,29). The number of hydrogen-bond donors (Lipinski definition) is 1. The molecule has 1 heterocycles. The molecule has 0 aliphatic heterocycles. The van der Waals surface area contributed by atoms with Crippen molar-refractivity contribution in [1.29, 1.82) is 0 Å². The Morgan fingerprint density at radius 1 is 1.13 bits per heavy atom. The zero-order chi connectivity index (χ0) is 22.2. The number of carbonyl (C=O) groups is 1. The van der Waals surface area contributed by atoms with E-state index in [2.05, 4.69) is 34.5 Å². The Bertz CT molecular complexity index is 1030. The molecule has 0 unspecified atom stereocenters. The third kappa shape index (κ3) is 5.91. The Balaban J connectivity index is 1.64. The number of amides is 1. The first-order valence-corrected chi connectivity index (χ1v) is 10.1. The predicted molar refractivity (Wildman–Crippen MR) is 119 cm³/mol. The Kier molecular flexibility index (Phi) is 7.37. The van der Waals surface area contributed by atoms with Gasteiger partial charge in [-0.1, -0.05) is 26.0 Å². The van der Waals surface area contributed by atoms with Gasteiger partial charge in [0, 0.05) is 5.56 Å². The van der Waals surface area contributed by atoms with Gasteiger partial charge in [0.1, 0.15) is 12.7 Å². The maximum Gasteiger partial charge on any atom is 0.271 e. The number of ether oxygens (including phenoxy) is 2. The second kappa shape index (κ2) is 10.4. The molecule has 3 rings (SSSR count). The first kappa shape index (κ1) is 22.0. The van der Waals surface area contributed by atoms with E-state index >= 15 is 0 Å². The smallest absolute Gasteiger partial charge is 0.271 e. The minimum absolute atomic E-state index is 0.328. The van der Waals surface area contributed by atoms with Crippen LogP contribution in [0.25, 0.3) is 5.69 Å². The monoisotopic (exact) mass is 421 g/mol. The van der Waals surface area contributed by atoms with Gasteiger partial charge in [-0.15, -0.1) is 0 Å². The molecule has 0 spiro atoms. The van der Waals surface area contributed by atoms with Crippen LogP contribution in [-0.2, 0) is 0 Å². The van der Waals surface area contributed by atoms with E-state index in [4.69, 9.17) is 9.47 Å². The summed E-state index contributed by atoms with van der Waals surface area (Å²) in [7, 11) is 1.55. The summed E-state index contributed by atoms with van der Waals surface area (Å²) >= 11 is 0. The van der Waals surface area contributed by atoms with Gasteiger partial charge in [0.2, 0.25) is 0 Å². The van der Waals surface area contributed by atoms with Crippen LogP contribution in [0, 0.1) is 5.92 Å². The number of methoxy groups -OCH3 is 1. The molecule has 1 amide bonds. The van der Waals surface area contributed by atoms with Gasteiger partial charge in [-0.05, 0) is 55.2 Å². The van der Waals surface area contributed by atoms with E-state index in [1.165, 1.54) is 6.33 Å². The molecule has 0 saturated heterocycles. The maximum atomic E-state index is 12.5. The van der Waals surface area contributed by atoms with Crippen molar-refractivity contribution in [1.82, 2.24) is 20.2 Å². The lowest BCUT2D eigenvalue weighted by molar-refractivity contribution is 0.0954. The molecular weight excluding hydrogens is 394 g/mol. The number of nitrogens with one attached hydrogen (secondary N) is 1. The number of aromatic nitrogens is 3. The summed E-state index contributed by atoms with van der Waals surface area (Å²) in [6, 6.07) is 12.7. The van der Waals surface area contributed by atoms with Crippen LogP contribution < -0.4 is 14.9 Å². The molecule has 0 radical (unpaired) electrons. The fraction of sp³-hybridized carbons (Fsp3) is 0.304. The molecular formula is C23H27N5O3. The fourth-order valence-corrected chi connectivity index (χ4v) is 2.79. The largest absolute Gasteiger partial charge is 0.493 e. The molecule has 8 heteroatoms. The van der Waals surface area contributed by atoms with Gasteiger partial charge in [0.25, 0.3) is 5.91 Å². The Morgan fingerprint density at radius 3 is 2.52 bits per heavy atom. The van der Waals surface area contributed by atoms with Gasteiger partial charge in [-0.2, -0.15) is 10.2 Å². The maximum absolute atomic E-state index is 12.5. The summed E-state index contributed by atoms with van der Waals surface area (Å²) in [5.74, 6) is 1.36. The van der Waals surface area contributed by atoms with Gasteiger partial charge >= 0.3 is 0 Å². The van der Waals surface area contributed by atoms with E-state index in [1.807, 2.05) is 31.2 Å². The third-order valence-electron chi connectivity index (χ3n) is 4.67. The summed E-state index contributed by atoms with van der Waals surface area (Å²) in [4.78, 5) is 16.5. The first-order valence-electron chi connectivity index (χ1n) is 10.1. The van der Waals surface area contributed by atoms with Gasteiger partial charge in [-0.25, -0.2) is 15.1 Å². The predicted octanol–water partition coefficient (Wildman–Crippen LogP) is 3.85. The fourth-order valence-electron chi connectivity index (χ4n) is 2.79. The summed E-state index contributed by atoms with van der Waals surface area (Å²) in [5.41, 5.74) is 5.48. The number of hydrogen-bond acceptors (Lipinski definition) is 6. The summed E-state index contributed by atoms with van der Waals surface area (Å²) in [6.45, 7) is 6.71. The number of rotatable bonds is 9. The normalized spacial score (nSPS) is 11.5. The molecule has 1 aromatic heterocycles. The van der Waals surface area contributed by atoms with Gasteiger partial charge in [0.15, 0.2) is 11.5 Å². The van der Waals surface area contributed by atoms with Crippen molar-refractivity contribution < 1.29 is 14.3 Å². The first-order chi connectivity index (χ1) is 15.0. The van der Waals surface area contributed by atoms with Crippen LogP contribution in [0.1, 0.15) is 43.1 Å². The molecule has 1 N–H and O–H groups in total. The lowest BCUT2D eigenvalue weighted by Crippen LogP contribution is -2.19. The lowest BCUT2D eigenvalue weighted by atomic mass is 10.1. The third-order valence-corrected chi connectivity index (χ3v) is 4.67. The average molecular weight is 422 g/mol. The quantitative estimate of drug-likeness (QED) is 0.419. The minimum atomic E-state index is -0.328. The van der Waals surface area contributed by atoms with E-state index in [-0.39, 0.29) is 5.91 Å². The highest BCUT2D eigenvalue weighted by Crippen LogP contribution is 2.28. The van der Waals surface area contributed by atoms with Crippen LogP contribution in [0.4, 0.5) is 0 Å². The van der Waals surface area contributed by atoms with Crippen LogP contribution in [0.2, 0.25) is 0 Å². The molecule has 0 saturated carbocycles. The molecule has 8 nitrogen and oxygen atoms in total. The van der Waals surface area contributed by atoms with E-state index in [0.717, 1.165) is 17.7 Å². The second-order valence-corrected chi connectivity index (χ2v) is 7.42. The Labute approximate surface area is 181 Å². The zero-order valence-electron chi connectivity index (χ0n) is 18.2. The Hall–Kier alpha value is -3.68. The van der Waals surface area contributed by atoms with Crippen LogP contribution in [0.15, 0.2) is 60.2 Å². The lowest BCUT2D eigenvalue weighted by Gasteiger charge is -2.12. The molecule has 3 aromatic rings. The second-order valence-electron chi connectivity index (χ2n) is 7.42. The molecule has 31 heavy (non-hydrogen) atoms. The molecule has 0 aliphatic carbocycles.